The molecule has 1 N–H and O–H groups in total. The summed E-state index contributed by atoms with van der Waals surface area (Å²) in [7, 11) is 2.97. The number of morpholine rings is 1. The van der Waals surface area contributed by atoms with E-state index >= 15 is 0 Å². The molecule has 1 aromatic carbocycles. The molecular weight excluding hydrogens is 549 g/mol. The highest BCUT2D eigenvalue weighted by molar-refractivity contribution is 6.00. The number of rotatable bonds is 6. The number of H-pyrrole nitrogens is 1. The molecule has 12 heteroatoms. The smallest absolute Gasteiger partial charge is 0.379 e. The first-order valence-corrected chi connectivity index (χ1v) is 13.7. The maximum Gasteiger partial charge on any atom is 0.498 e. The van der Waals surface area contributed by atoms with Gasteiger partial charge in [-0.3, -0.25) is 14.5 Å². The lowest BCUT2D eigenvalue weighted by molar-refractivity contribution is -0.280. The predicted molar refractivity (Wildman–Crippen MR) is 154 cm³/mol. The number of ether oxygens (including phenoxy) is 1. The summed E-state index contributed by atoms with van der Waals surface area (Å²) in [6, 6.07) is 13.0. The van der Waals surface area contributed by atoms with E-state index in [1.54, 1.807) is 29.9 Å². The lowest BCUT2D eigenvalue weighted by Crippen LogP contribution is -2.42. The third-order valence-electron chi connectivity index (χ3n) is 7.88. The minimum atomic E-state index is -4.57. The number of nitrogens with zero attached hydrogens (tertiary/aromatic N) is 5. The maximum absolute atomic E-state index is 13.5. The monoisotopic (exact) mass is 580 g/mol. The minimum Gasteiger partial charge on any atom is -0.379 e. The molecule has 9 nitrogen and oxygen atoms in total. The van der Waals surface area contributed by atoms with E-state index < -0.39 is 6.30 Å². The van der Waals surface area contributed by atoms with E-state index in [1.165, 1.54) is 11.6 Å². The average molecular weight is 581 g/mol. The van der Waals surface area contributed by atoms with Gasteiger partial charge in [0, 0.05) is 99.3 Å². The molecule has 42 heavy (non-hydrogen) atoms. The Labute approximate surface area is 239 Å². The SMILES string of the molecule is CN1CC(c2cc3c(-c4cc(=O)n(CCN5CCOCC5)cc4-c4ccccc4)cn(C)c(=O)c3[nH]2)=CN1C(F)(F)F. The van der Waals surface area contributed by atoms with Crippen LogP contribution in [-0.2, 0) is 18.3 Å². The third kappa shape index (κ3) is 5.28. The van der Waals surface area contributed by atoms with E-state index in [-0.39, 0.29) is 28.2 Å². The maximum atomic E-state index is 13.5. The molecule has 1 fully saturated rings. The topological polar surface area (TPSA) is 78.7 Å². The number of aromatic amines is 1. The molecule has 0 amide bonds. The summed E-state index contributed by atoms with van der Waals surface area (Å²) in [5.41, 5.74) is 3.52. The second-order valence-electron chi connectivity index (χ2n) is 10.7. The van der Waals surface area contributed by atoms with Gasteiger partial charge in [-0.1, -0.05) is 30.3 Å². The molecule has 0 spiro atoms. The molecule has 4 aromatic rings. The highest BCUT2D eigenvalue weighted by Gasteiger charge is 2.41. The van der Waals surface area contributed by atoms with Crippen molar-refractivity contribution < 1.29 is 17.9 Å². The number of fused-ring (bicyclic) bond motifs is 1. The lowest BCUT2D eigenvalue weighted by Gasteiger charge is -2.26. The van der Waals surface area contributed by atoms with Crippen LogP contribution < -0.4 is 11.1 Å². The van der Waals surface area contributed by atoms with Crippen molar-refractivity contribution in [1.82, 2.24) is 29.0 Å². The number of aryl methyl sites for hydroxylation is 1. The Morgan fingerprint density at radius 1 is 0.929 bits per heavy atom. The second-order valence-corrected chi connectivity index (χ2v) is 10.7. The van der Waals surface area contributed by atoms with Crippen LogP contribution in [0.4, 0.5) is 13.2 Å². The van der Waals surface area contributed by atoms with Gasteiger partial charge in [0.05, 0.1) is 13.2 Å². The predicted octanol–water partition coefficient (Wildman–Crippen LogP) is 3.72. The fourth-order valence-electron chi connectivity index (χ4n) is 5.65. The van der Waals surface area contributed by atoms with Gasteiger partial charge >= 0.3 is 6.30 Å². The van der Waals surface area contributed by atoms with Gasteiger partial charge in [-0.15, -0.1) is 13.2 Å². The Hall–Kier alpha value is -4.13. The number of alkyl halides is 3. The zero-order chi connectivity index (χ0) is 29.6. The van der Waals surface area contributed by atoms with E-state index in [9.17, 15) is 22.8 Å². The fourth-order valence-corrected chi connectivity index (χ4v) is 5.65. The number of hydrazine groups is 1. The van der Waals surface area contributed by atoms with Gasteiger partial charge in [0.2, 0.25) is 0 Å². The molecule has 0 unspecified atom stereocenters. The number of hydrogen-bond donors (Lipinski definition) is 1. The number of nitrogens with one attached hydrogen (secondary N) is 1. The highest BCUT2D eigenvalue weighted by Crippen LogP contribution is 2.37. The van der Waals surface area contributed by atoms with Crippen LogP contribution in [0.5, 0.6) is 0 Å². The van der Waals surface area contributed by atoms with Crippen LogP contribution in [0.3, 0.4) is 0 Å². The largest absolute Gasteiger partial charge is 0.498 e. The van der Waals surface area contributed by atoms with Gasteiger partial charge in [-0.05, 0) is 17.2 Å². The van der Waals surface area contributed by atoms with Gasteiger partial charge < -0.3 is 18.9 Å². The number of pyridine rings is 2. The first-order chi connectivity index (χ1) is 20.1. The van der Waals surface area contributed by atoms with Crippen molar-refractivity contribution >= 4 is 16.5 Å². The van der Waals surface area contributed by atoms with Crippen LogP contribution in [0.1, 0.15) is 5.69 Å². The van der Waals surface area contributed by atoms with Gasteiger partial charge in [-0.25, -0.2) is 10.0 Å². The number of aromatic nitrogens is 3. The van der Waals surface area contributed by atoms with Crippen LogP contribution >= 0.6 is 0 Å². The number of halogens is 3. The summed E-state index contributed by atoms with van der Waals surface area (Å²) in [4.78, 5) is 32.0. The summed E-state index contributed by atoms with van der Waals surface area (Å²) in [6.45, 7) is 4.20. The normalized spacial score (nSPS) is 16.9. The van der Waals surface area contributed by atoms with Crippen LogP contribution in [0, 0.1) is 0 Å². The van der Waals surface area contributed by atoms with Gasteiger partial charge in [-0.2, -0.15) is 0 Å². The molecule has 2 aliphatic heterocycles. The molecule has 5 heterocycles. The van der Waals surface area contributed by atoms with Crippen molar-refractivity contribution in [3.8, 4) is 22.3 Å². The lowest BCUT2D eigenvalue weighted by atomic mass is 9.95. The van der Waals surface area contributed by atoms with Gasteiger partial charge in [0.15, 0.2) is 0 Å². The molecular formula is C30H31F3N6O3. The summed E-state index contributed by atoms with van der Waals surface area (Å²) in [6.07, 6.45) is -0.00756. The molecule has 2 aliphatic rings. The van der Waals surface area contributed by atoms with E-state index in [2.05, 4.69) is 9.88 Å². The summed E-state index contributed by atoms with van der Waals surface area (Å²) in [5, 5.41) is 1.81. The fraction of sp³-hybridized carbons (Fsp3) is 0.333. The highest BCUT2D eigenvalue weighted by atomic mass is 19.4. The van der Waals surface area contributed by atoms with Crippen LogP contribution in [-0.4, -0.2) is 81.8 Å². The first-order valence-electron chi connectivity index (χ1n) is 13.7. The molecule has 3 aromatic heterocycles. The van der Waals surface area contributed by atoms with Gasteiger partial charge in [0.1, 0.15) is 5.52 Å². The molecule has 0 bridgehead atoms. The van der Waals surface area contributed by atoms with Crippen molar-refractivity contribution in [3.63, 3.8) is 0 Å². The van der Waals surface area contributed by atoms with Crippen molar-refractivity contribution in [3.05, 3.63) is 87.5 Å². The zero-order valence-electron chi connectivity index (χ0n) is 23.3. The summed E-state index contributed by atoms with van der Waals surface area (Å²) in [5.74, 6) is 0. The van der Waals surface area contributed by atoms with E-state index in [0.717, 1.165) is 35.4 Å². The summed E-state index contributed by atoms with van der Waals surface area (Å²) < 4.78 is 49.0. The Morgan fingerprint density at radius 2 is 1.67 bits per heavy atom. The molecule has 0 atom stereocenters. The molecule has 0 saturated carbocycles. The van der Waals surface area contributed by atoms with Crippen molar-refractivity contribution in [2.75, 3.05) is 46.4 Å². The average Bonchev–Trinajstić information content (AvgIpc) is 3.60. The Balaban J connectivity index is 1.48. The number of likely N-dealkylation sites (N-methyl/N-ethyl adjacent to an activating group) is 1. The summed E-state index contributed by atoms with van der Waals surface area (Å²) >= 11 is 0. The standard InChI is InChI=1S/C30H31F3N6O3/c1-35-18-25(23-14-26(34-28(23)29(35)41)21-16-36(2)39(17-21)30(31,32)33)22-15-27(40)38(9-8-37-10-12-42-13-11-37)19-24(22)20-6-4-3-5-7-20/h3-7,14-15,17-19,34H,8-13,16H2,1-2H3. The molecule has 6 rings (SSSR count). The van der Waals surface area contributed by atoms with E-state index in [4.69, 9.17) is 4.74 Å². The van der Waals surface area contributed by atoms with E-state index in [0.29, 0.717) is 54.1 Å². The Bertz CT molecular complexity index is 1770. The van der Waals surface area contributed by atoms with Crippen molar-refractivity contribution in [1.29, 1.82) is 0 Å². The quantitative estimate of drug-likeness (QED) is 0.351. The van der Waals surface area contributed by atoms with Crippen molar-refractivity contribution in [2.24, 2.45) is 7.05 Å². The van der Waals surface area contributed by atoms with Crippen LogP contribution in [0.2, 0.25) is 0 Å². The van der Waals surface area contributed by atoms with Crippen molar-refractivity contribution in [2.45, 2.75) is 12.8 Å². The third-order valence-corrected chi connectivity index (χ3v) is 7.88. The van der Waals surface area contributed by atoms with Crippen LogP contribution in [0.25, 0.3) is 38.7 Å². The van der Waals surface area contributed by atoms with Gasteiger partial charge in [0.25, 0.3) is 11.1 Å². The number of hydrogen-bond acceptors (Lipinski definition) is 6. The Morgan fingerprint density at radius 3 is 2.36 bits per heavy atom. The minimum absolute atomic E-state index is 0.0104. The first kappa shape index (κ1) is 28.0. The zero-order valence-corrected chi connectivity index (χ0v) is 23.3. The molecule has 1 saturated heterocycles. The molecule has 0 aliphatic carbocycles. The molecule has 220 valence electrons. The number of benzene rings is 1. The molecule has 0 radical (unpaired) electrons. The van der Waals surface area contributed by atoms with Crippen LogP contribution in [0.15, 0.2) is 70.6 Å². The second kappa shape index (κ2) is 10.9. The Kier molecular flexibility index (Phi) is 7.29. The van der Waals surface area contributed by atoms with E-state index in [1.807, 2.05) is 36.5 Å².